The number of para-hydroxylation sites is 1. The molecule has 1 aliphatic heterocycles. The lowest BCUT2D eigenvalue weighted by atomic mass is 10.2. The summed E-state index contributed by atoms with van der Waals surface area (Å²) < 4.78 is 16.0. The molecule has 2 N–H and O–H groups in total. The van der Waals surface area contributed by atoms with E-state index in [1.807, 2.05) is 18.2 Å². The van der Waals surface area contributed by atoms with Gasteiger partial charge in [0.2, 0.25) is 0 Å². The van der Waals surface area contributed by atoms with Crippen molar-refractivity contribution in [3.8, 4) is 17.2 Å². The first-order chi connectivity index (χ1) is 12.7. The van der Waals surface area contributed by atoms with Gasteiger partial charge in [-0.2, -0.15) is 0 Å². The second-order valence-electron chi connectivity index (χ2n) is 5.38. The Labute approximate surface area is 150 Å². The van der Waals surface area contributed by atoms with E-state index in [1.165, 1.54) is 6.08 Å². The van der Waals surface area contributed by atoms with E-state index in [2.05, 4.69) is 10.9 Å². The van der Waals surface area contributed by atoms with Gasteiger partial charge in [0.15, 0.2) is 11.5 Å². The molecule has 1 aliphatic rings. The van der Waals surface area contributed by atoms with Crippen LogP contribution in [0.25, 0.3) is 6.08 Å². The van der Waals surface area contributed by atoms with Crippen molar-refractivity contribution >= 4 is 17.9 Å². The van der Waals surface area contributed by atoms with Crippen molar-refractivity contribution in [2.24, 2.45) is 0 Å². The topological polar surface area (TPSA) is 85.9 Å². The van der Waals surface area contributed by atoms with E-state index in [9.17, 15) is 9.59 Å². The molecule has 1 heterocycles. The van der Waals surface area contributed by atoms with E-state index < -0.39 is 11.8 Å². The Bertz CT molecular complexity index is 848. The van der Waals surface area contributed by atoms with E-state index in [0.29, 0.717) is 36.0 Å². The number of methoxy groups -OCH3 is 1. The standard InChI is InChI=1S/C19H18N2O5/c1-24-15-5-3-2-4-13(15)7-9-18(22)20-21-19(23)14-6-8-16-17(12-14)26-11-10-25-16/h2-9,12H,10-11H2,1H3,(H,20,22)(H,21,23)/b9-7+. The third-order valence-electron chi connectivity index (χ3n) is 3.66. The molecule has 7 heteroatoms. The molecule has 0 saturated heterocycles. The summed E-state index contributed by atoms with van der Waals surface area (Å²) >= 11 is 0. The maximum atomic E-state index is 12.1. The van der Waals surface area contributed by atoms with Crippen molar-refractivity contribution < 1.29 is 23.8 Å². The van der Waals surface area contributed by atoms with Crippen LogP contribution >= 0.6 is 0 Å². The maximum absolute atomic E-state index is 12.1. The molecule has 2 amide bonds. The van der Waals surface area contributed by atoms with Gasteiger partial charge in [-0.05, 0) is 30.3 Å². The van der Waals surface area contributed by atoms with Crippen molar-refractivity contribution in [2.75, 3.05) is 20.3 Å². The van der Waals surface area contributed by atoms with E-state index >= 15 is 0 Å². The van der Waals surface area contributed by atoms with Gasteiger partial charge >= 0.3 is 0 Å². The number of fused-ring (bicyclic) bond motifs is 1. The lowest BCUT2D eigenvalue weighted by molar-refractivity contribution is -0.117. The van der Waals surface area contributed by atoms with Gasteiger partial charge in [-0.25, -0.2) is 0 Å². The summed E-state index contributed by atoms with van der Waals surface area (Å²) in [6, 6.07) is 12.1. The fourth-order valence-electron chi connectivity index (χ4n) is 2.39. The average molecular weight is 354 g/mol. The second kappa shape index (κ2) is 8.06. The molecule has 0 atom stereocenters. The van der Waals surface area contributed by atoms with Gasteiger partial charge < -0.3 is 14.2 Å². The smallest absolute Gasteiger partial charge is 0.269 e. The molecule has 2 aromatic rings. The Hall–Kier alpha value is -3.48. The first-order valence-corrected chi connectivity index (χ1v) is 7.98. The molecule has 0 aliphatic carbocycles. The number of carbonyl (C=O) groups is 2. The van der Waals surface area contributed by atoms with Crippen LogP contribution in [0.5, 0.6) is 17.2 Å². The molecule has 0 spiro atoms. The molecule has 7 nitrogen and oxygen atoms in total. The molecule has 2 aromatic carbocycles. The zero-order chi connectivity index (χ0) is 18.4. The minimum absolute atomic E-state index is 0.350. The van der Waals surface area contributed by atoms with Crippen molar-refractivity contribution in [3.63, 3.8) is 0 Å². The zero-order valence-electron chi connectivity index (χ0n) is 14.2. The fourth-order valence-corrected chi connectivity index (χ4v) is 2.39. The number of ether oxygens (including phenoxy) is 3. The number of hydrogen-bond acceptors (Lipinski definition) is 5. The Kier molecular flexibility index (Phi) is 5.38. The van der Waals surface area contributed by atoms with Gasteiger partial charge in [0.1, 0.15) is 19.0 Å². The number of amides is 2. The lowest BCUT2D eigenvalue weighted by Crippen LogP contribution is -2.40. The average Bonchev–Trinajstić information content (AvgIpc) is 2.70. The van der Waals surface area contributed by atoms with Crippen LogP contribution in [0.3, 0.4) is 0 Å². The van der Waals surface area contributed by atoms with Crippen molar-refractivity contribution in [3.05, 3.63) is 59.7 Å². The van der Waals surface area contributed by atoms with Crippen LogP contribution in [0.1, 0.15) is 15.9 Å². The van der Waals surface area contributed by atoms with Gasteiger partial charge in [-0.15, -0.1) is 0 Å². The van der Waals surface area contributed by atoms with Gasteiger partial charge in [0, 0.05) is 17.2 Å². The molecular formula is C19H18N2O5. The third-order valence-corrected chi connectivity index (χ3v) is 3.66. The quantitative estimate of drug-likeness (QED) is 0.647. The third kappa shape index (κ3) is 4.13. The van der Waals surface area contributed by atoms with Crippen molar-refractivity contribution in [1.29, 1.82) is 0 Å². The number of rotatable bonds is 4. The molecule has 0 aromatic heterocycles. The minimum Gasteiger partial charge on any atom is -0.496 e. The lowest BCUT2D eigenvalue weighted by Gasteiger charge is -2.18. The second-order valence-corrected chi connectivity index (χ2v) is 5.38. The molecule has 0 radical (unpaired) electrons. The van der Waals surface area contributed by atoms with E-state index in [4.69, 9.17) is 14.2 Å². The van der Waals surface area contributed by atoms with Crippen molar-refractivity contribution in [2.45, 2.75) is 0 Å². The Morgan fingerprint density at radius 2 is 1.81 bits per heavy atom. The molecule has 0 saturated carbocycles. The van der Waals surface area contributed by atoms with E-state index in [0.717, 1.165) is 5.56 Å². The van der Waals surface area contributed by atoms with E-state index in [1.54, 1.807) is 37.5 Å². The number of carbonyl (C=O) groups excluding carboxylic acids is 2. The highest BCUT2D eigenvalue weighted by atomic mass is 16.6. The van der Waals surface area contributed by atoms with Gasteiger partial charge in [-0.1, -0.05) is 18.2 Å². The Balaban J connectivity index is 1.57. The first kappa shape index (κ1) is 17.3. The highest BCUT2D eigenvalue weighted by Crippen LogP contribution is 2.30. The molecule has 0 unspecified atom stereocenters. The van der Waals surface area contributed by atoms with Crippen LogP contribution in [0.4, 0.5) is 0 Å². The highest BCUT2D eigenvalue weighted by Gasteiger charge is 2.15. The first-order valence-electron chi connectivity index (χ1n) is 7.98. The van der Waals surface area contributed by atoms with Crippen molar-refractivity contribution in [1.82, 2.24) is 10.9 Å². The van der Waals surface area contributed by atoms with Crippen LogP contribution in [0.2, 0.25) is 0 Å². The monoisotopic (exact) mass is 354 g/mol. The summed E-state index contributed by atoms with van der Waals surface area (Å²) in [6.45, 7) is 0.912. The molecule has 0 fully saturated rings. The predicted molar refractivity (Wildman–Crippen MR) is 95.1 cm³/mol. The summed E-state index contributed by atoms with van der Waals surface area (Å²) in [5, 5.41) is 0. The molecule has 3 rings (SSSR count). The summed E-state index contributed by atoms with van der Waals surface area (Å²) in [5.41, 5.74) is 5.79. The predicted octanol–water partition coefficient (Wildman–Crippen LogP) is 1.94. The van der Waals surface area contributed by atoms with Crippen LogP contribution in [0.15, 0.2) is 48.5 Å². The Morgan fingerprint density at radius 3 is 2.62 bits per heavy atom. The summed E-state index contributed by atoms with van der Waals surface area (Å²) in [4.78, 5) is 24.0. The minimum atomic E-state index is -0.471. The summed E-state index contributed by atoms with van der Waals surface area (Å²) in [5.74, 6) is 0.822. The van der Waals surface area contributed by atoms with Gasteiger partial charge in [0.25, 0.3) is 11.8 Å². The van der Waals surface area contributed by atoms with Crippen LogP contribution in [0, 0.1) is 0 Å². The SMILES string of the molecule is COc1ccccc1/C=C/C(=O)NNC(=O)c1ccc2c(c1)OCCO2. The molecule has 0 bridgehead atoms. The molecule has 134 valence electrons. The van der Waals surface area contributed by atoms with E-state index in [-0.39, 0.29) is 0 Å². The number of hydrogen-bond donors (Lipinski definition) is 2. The number of nitrogens with one attached hydrogen (secondary N) is 2. The van der Waals surface area contributed by atoms with Crippen LogP contribution in [-0.4, -0.2) is 32.1 Å². The van der Waals surface area contributed by atoms with Gasteiger partial charge in [-0.3, -0.25) is 20.4 Å². The number of benzene rings is 2. The summed E-state index contributed by atoms with van der Waals surface area (Å²) in [7, 11) is 1.56. The Morgan fingerprint density at radius 1 is 1.04 bits per heavy atom. The highest BCUT2D eigenvalue weighted by molar-refractivity contribution is 5.98. The summed E-state index contributed by atoms with van der Waals surface area (Å²) in [6.07, 6.45) is 2.91. The largest absolute Gasteiger partial charge is 0.496 e. The van der Waals surface area contributed by atoms with Gasteiger partial charge in [0.05, 0.1) is 7.11 Å². The van der Waals surface area contributed by atoms with Crippen LogP contribution in [-0.2, 0) is 4.79 Å². The molecule has 26 heavy (non-hydrogen) atoms. The molecular weight excluding hydrogens is 336 g/mol. The van der Waals surface area contributed by atoms with Crippen LogP contribution < -0.4 is 25.1 Å². The normalized spacial score (nSPS) is 12.5. The maximum Gasteiger partial charge on any atom is 0.269 e. The number of hydrazine groups is 1. The zero-order valence-corrected chi connectivity index (χ0v) is 14.2. The fraction of sp³-hybridized carbons (Fsp3) is 0.158.